The lowest BCUT2D eigenvalue weighted by molar-refractivity contribution is 0.414. The number of hydrogen-bond donors (Lipinski definition) is 3. The van der Waals surface area contributed by atoms with Crippen molar-refractivity contribution in [3.63, 3.8) is 0 Å². The zero-order valence-electron chi connectivity index (χ0n) is 10.6. The Morgan fingerprint density at radius 1 is 1.39 bits per heavy atom. The fourth-order valence-corrected chi connectivity index (χ4v) is 1.64. The van der Waals surface area contributed by atoms with Gasteiger partial charge >= 0.3 is 0 Å². The van der Waals surface area contributed by atoms with Gasteiger partial charge in [0.1, 0.15) is 5.75 Å². The van der Waals surface area contributed by atoms with Gasteiger partial charge < -0.3 is 10.1 Å². The quantitative estimate of drug-likeness (QED) is 0.312. The van der Waals surface area contributed by atoms with Crippen LogP contribution in [0.25, 0.3) is 0 Å². The average Bonchev–Trinajstić information content (AvgIpc) is 3.22. The summed E-state index contributed by atoms with van der Waals surface area (Å²) in [6.45, 7) is 0.714. The van der Waals surface area contributed by atoms with E-state index in [1.165, 1.54) is 18.4 Å². The molecule has 1 aromatic rings. The van der Waals surface area contributed by atoms with Crippen LogP contribution >= 0.6 is 0 Å². The lowest BCUT2D eigenvalue weighted by Gasteiger charge is -2.07. The number of aliphatic imine (C=N–C) groups is 1. The molecule has 0 unspecified atom stereocenters. The van der Waals surface area contributed by atoms with Crippen molar-refractivity contribution >= 4 is 5.96 Å². The highest BCUT2D eigenvalue weighted by Crippen LogP contribution is 2.18. The summed E-state index contributed by atoms with van der Waals surface area (Å²) in [6, 6.07) is 8.59. The zero-order chi connectivity index (χ0) is 12.8. The fraction of sp³-hybridized carbons (Fsp3) is 0.462. The van der Waals surface area contributed by atoms with Gasteiger partial charge in [0.05, 0.1) is 7.11 Å². The van der Waals surface area contributed by atoms with Gasteiger partial charge in [0, 0.05) is 12.6 Å². The van der Waals surface area contributed by atoms with Crippen molar-refractivity contribution < 1.29 is 4.74 Å². The molecule has 1 fully saturated rings. The lowest BCUT2D eigenvalue weighted by Crippen LogP contribution is -2.42. The van der Waals surface area contributed by atoms with Crippen molar-refractivity contribution in [1.29, 1.82) is 0 Å². The number of hydrogen-bond acceptors (Lipinski definition) is 3. The van der Waals surface area contributed by atoms with Gasteiger partial charge in [0.15, 0.2) is 0 Å². The van der Waals surface area contributed by atoms with E-state index in [0.29, 0.717) is 18.5 Å². The Kier molecular flexibility index (Phi) is 4.41. The Hall–Kier alpha value is -1.75. The Bertz CT molecular complexity index is 398. The van der Waals surface area contributed by atoms with Crippen LogP contribution in [0.2, 0.25) is 0 Å². The van der Waals surface area contributed by atoms with Crippen molar-refractivity contribution in [2.45, 2.75) is 25.3 Å². The number of nitrogens with zero attached hydrogens (tertiary/aromatic N) is 1. The van der Waals surface area contributed by atoms with E-state index in [1.807, 2.05) is 12.1 Å². The molecular formula is C13H20N4O. The summed E-state index contributed by atoms with van der Waals surface area (Å²) in [4.78, 5) is 4.40. The molecule has 4 N–H and O–H groups in total. The van der Waals surface area contributed by atoms with Gasteiger partial charge in [-0.2, -0.15) is 0 Å². The van der Waals surface area contributed by atoms with E-state index in [2.05, 4.69) is 27.9 Å². The van der Waals surface area contributed by atoms with Gasteiger partial charge in [-0.05, 0) is 37.0 Å². The Morgan fingerprint density at radius 3 is 2.67 bits per heavy atom. The molecule has 1 aliphatic rings. The summed E-state index contributed by atoms with van der Waals surface area (Å²) < 4.78 is 5.12. The van der Waals surface area contributed by atoms with Crippen molar-refractivity contribution in [1.82, 2.24) is 10.7 Å². The molecule has 0 atom stereocenters. The highest BCUT2D eigenvalue weighted by atomic mass is 16.5. The van der Waals surface area contributed by atoms with Crippen LogP contribution in [-0.4, -0.2) is 25.7 Å². The first-order chi connectivity index (χ1) is 8.81. The van der Waals surface area contributed by atoms with Crippen molar-refractivity contribution in [2.75, 3.05) is 13.7 Å². The maximum absolute atomic E-state index is 5.41. The monoisotopic (exact) mass is 248 g/mol. The summed E-state index contributed by atoms with van der Waals surface area (Å²) >= 11 is 0. The maximum Gasteiger partial charge on any atom is 0.205 e. The molecule has 0 saturated heterocycles. The summed E-state index contributed by atoms with van der Waals surface area (Å²) in [5.41, 5.74) is 3.84. The maximum atomic E-state index is 5.41. The van der Waals surface area contributed by atoms with E-state index >= 15 is 0 Å². The summed E-state index contributed by atoms with van der Waals surface area (Å²) in [5.74, 6) is 6.97. The highest BCUT2D eigenvalue weighted by molar-refractivity contribution is 5.79. The smallest absolute Gasteiger partial charge is 0.205 e. The molecule has 0 amide bonds. The average molecular weight is 248 g/mol. The molecule has 0 aliphatic heterocycles. The first kappa shape index (κ1) is 12.7. The molecule has 5 heteroatoms. The van der Waals surface area contributed by atoms with E-state index in [-0.39, 0.29) is 0 Å². The van der Waals surface area contributed by atoms with Gasteiger partial charge in [0.25, 0.3) is 0 Å². The number of rotatable bonds is 5. The van der Waals surface area contributed by atoms with Crippen LogP contribution in [0.15, 0.2) is 29.3 Å². The molecular weight excluding hydrogens is 228 g/mol. The third-order valence-electron chi connectivity index (χ3n) is 2.88. The molecule has 2 rings (SSSR count). The highest BCUT2D eigenvalue weighted by Gasteiger charge is 2.21. The zero-order valence-corrected chi connectivity index (χ0v) is 10.6. The Morgan fingerprint density at radius 2 is 2.11 bits per heavy atom. The van der Waals surface area contributed by atoms with E-state index in [9.17, 15) is 0 Å². The van der Waals surface area contributed by atoms with E-state index in [1.54, 1.807) is 7.11 Å². The van der Waals surface area contributed by atoms with Crippen LogP contribution in [0.5, 0.6) is 5.75 Å². The number of nitrogens with two attached hydrogens (primary N) is 1. The van der Waals surface area contributed by atoms with Gasteiger partial charge in [0.2, 0.25) is 5.96 Å². The minimum absolute atomic E-state index is 0.556. The van der Waals surface area contributed by atoms with Crippen LogP contribution in [0.1, 0.15) is 18.4 Å². The summed E-state index contributed by atoms with van der Waals surface area (Å²) in [7, 11) is 1.67. The standard InChI is InChI=1S/C13H20N4O/c1-18-12-6-2-10(3-7-12)8-9-15-13(17-14)16-11-4-5-11/h2-3,6-7,11H,4-5,8-9,14H2,1H3,(H2,15,16,17). The predicted octanol–water partition coefficient (Wildman–Crippen LogP) is 0.809. The van der Waals surface area contributed by atoms with Crippen molar-refractivity contribution in [2.24, 2.45) is 10.8 Å². The second-order valence-corrected chi connectivity index (χ2v) is 4.39. The second kappa shape index (κ2) is 6.26. The molecule has 0 heterocycles. The first-order valence-electron chi connectivity index (χ1n) is 6.22. The molecule has 0 spiro atoms. The molecule has 1 aromatic carbocycles. The van der Waals surface area contributed by atoms with Gasteiger partial charge in [-0.25, -0.2) is 5.84 Å². The summed E-state index contributed by atoms with van der Waals surface area (Å²) in [5, 5.41) is 3.24. The molecule has 0 radical (unpaired) electrons. The minimum atomic E-state index is 0.556. The van der Waals surface area contributed by atoms with Crippen LogP contribution in [0.3, 0.4) is 0 Å². The van der Waals surface area contributed by atoms with Gasteiger partial charge in [-0.15, -0.1) is 0 Å². The second-order valence-electron chi connectivity index (χ2n) is 4.39. The minimum Gasteiger partial charge on any atom is -0.497 e. The molecule has 1 saturated carbocycles. The predicted molar refractivity (Wildman–Crippen MR) is 72.5 cm³/mol. The third kappa shape index (κ3) is 3.92. The Balaban J connectivity index is 1.79. The van der Waals surface area contributed by atoms with E-state index in [4.69, 9.17) is 10.6 Å². The number of ether oxygens (including phenoxy) is 1. The van der Waals surface area contributed by atoms with E-state index < -0.39 is 0 Å². The van der Waals surface area contributed by atoms with E-state index in [0.717, 1.165) is 12.2 Å². The van der Waals surface area contributed by atoms with Crippen LogP contribution in [0, 0.1) is 0 Å². The molecule has 0 bridgehead atoms. The number of benzene rings is 1. The lowest BCUT2D eigenvalue weighted by atomic mass is 10.1. The summed E-state index contributed by atoms with van der Waals surface area (Å²) in [6.07, 6.45) is 3.31. The third-order valence-corrected chi connectivity index (χ3v) is 2.88. The topological polar surface area (TPSA) is 71.7 Å². The molecule has 18 heavy (non-hydrogen) atoms. The van der Waals surface area contributed by atoms with Crippen LogP contribution in [0.4, 0.5) is 0 Å². The number of nitrogens with one attached hydrogen (secondary N) is 2. The van der Waals surface area contributed by atoms with Crippen LogP contribution in [-0.2, 0) is 6.42 Å². The first-order valence-corrected chi connectivity index (χ1v) is 6.22. The molecule has 5 nitrogen and oxygen atoms in total. The number of guanidine groups is 1. The van der Waals surface area contributed by atoms with Crippen molar-refractivity contribution in [3.8, 4) is 5.75 Å². The van der Waals surface area contributed by atoms with Gasteiger partial charge in [-0.1, -0.05) is 12.1 Å². The molecule has 0 aromatic heterocycles. The Labute approximate surface area is 107 Å². The van der Waals surface area contributed by atoms with Crippen molar-refractivity contribution in [3.05, 3.63) is 29.8 Å². The SMILES string of the molecule is COc1ccc(CCN=C(NN)NC2CC2)cc1. The van der Waals surface area contributed by atoms with Gasteiger partial charge in [-0.3, -0.25) is 10.4 Å². The number of hydrazine groups is 1. The van der Waals surface area contributed by atoms with Crippen LogP contribution < -0.4 is 21.3 Å². The largest absolute Gasteiger partial charge is 0.497 e. The number of methoxy groups -OCH3 is 1. The molecule has 1 aliphatic carbocycles. The fourth-order valence-electron chi connectivity index (χ4n) is 1.64. The molecule has 98 valence electrons. The normalized spacial score (nSPS) is 15.3.